The summed E-state index contributed by atoms with van der Waals surface area (Å²) in [6, 6.07) is -0.0384. The molecule has 0 aliphatic heterocycles. The van der Waals surface area contributed by atoms with E-state index in [0.717, 1.165) is 6.42 Å². The molecule has 5 N–H and O–H groups in total. The van der Waals surface area contributed by atoms with Gasteiger partial charge in [0.1, 0.15) is 0 Å². The van der Waals surface area contributed by atoms with Gasteiger partial charge in [0.05, 0.1) is 5.92 Å². The second kappa shape index (κ2) is 2.57. The summed E-state index contributed by atoms with van der Waals surface area (Å²) in [5.74, 6) is 5.53. The van der Waals surface area contributed by atoms with E-state index in [1.807, 2.05) is 0 Å². The first kappa shape index (κ1) is 7.76. The maximum Gasteiger partial charge on any atom is 0.239 e. The summed E-state index contributed by atoms with van der Waals surface area (Å²) in [5, 5.41) is 0. The predicted molar refractivity (Wildman–Crippen MR) is 44.5 cm³/mol. The summed E-state index contributed by atoms with van der Waals surface area (Å²) in [6.07, 6.45) is 5.20. The number of fused-ring (bicyclic) bond motifs is 2. The molecule has 4 heteroatoms. The highest BCUT2D eigenvalue weighted by Crippen LogP contribution is 2.42. The Morgan fingerprint density at radius 3 is 2.58 bits per heavy atom. The third-order valence-corrected chi connectivity index (χ3v) is 2.97. The lowest BCUT2D eigenvalue weighted by atomic mass is 9.89. The van der Waals surface area contributed by atoms with Gasteiger partial charge in [0.25, 0.3) is 0 Å². The molecule has 0 radical (unpaired) electrons. The first-order valence-electron chi connectivity index (χ1n) is 4.18. The van der Waals surface area contributed by atoms with E-state index in [1.165, 1.54) is 0 Å². The van der Waals surface area contributed by atoms with E-state index >= 15 is 0 Å². The largest absolute Gasteiger partial charge is 0.326 e. The zero-order valence-electron chi connectivity index (χ0n) is 6.73. The van der Waals surface area contributed by atoms with Gasteiger partial charge in [-0.25, -0.2) is 5.84 Å². The minimum Gasteiger partial charge on any atom is -0.326 e. The number of allylic oxidation sites excluding steroid dienone is 1. The fourth-order valence-electron chi connectivity index (χ4n) is 2.33. The topological polar surface area (TPSA) is 81.1 Å². The Balaban J connectivity index is 2.18. The molecule has 4 nitrogen and oxygen atoms in total. The molecular weight excluding hydrogens is 154 g/mol. The van der Waals surface area contributed by atoms with E-state index in [-0.39, 0.29) is 17.9 Å². The van der Waals surface area contributed by atoms with Gasteiger partial charge in [-0.3, -0.25) is 10.2 Å². The second-order valence-electron chi connectivity index (χ2n) is 3.56. The first-order valence-corrected chi connectivity index (χ1v) is 4.18. The van der Waals surface area contributed by atoms with Crippen LogP contribution in [0, 0.1) is 17.8 Å². The van der Waals surface area contributed by atoms with Crippen LogP contribution >= 0.6 is 0 Å². The molecule has 0 aromatic rings. The van der Waals surface area contributed by atoms with Crippen molar-refractivity contribution in [2.45, 2.75) is 12.5 Å². The van der Waals surface area contributed by atoms with E-state index in [0.29, 0.717) is 11.8 Å². The zero-order chi connectivity index (χ0) is 8.72. The lowest BCUT2D eigenvalue weighted by Gasteiger charge is -2.22. The molecule has 0 aromatic carbocycles. The summed E-state index contributed by atoms with van der Waals surface area (Å²) in [5.41, 5.74) is 8.04. The normalized spacial score (nSPS) is 43.5. The SMILES string of the molecule is NNC(=O)[C@H]1[C@@H](N)[C@@H]2C=C[C@H]1C2. The number of rotatable bonds is 1. The van der Waals surface area contributed by atoms with Crippen molar-refractivity contribution in [2.24, 2.45) is 29.3 Å². The molecule has 0 spiro atoms. The van der Waals surface area contributed by atoms with Gasteiger partial charge in [-0.15, -0.1) is 0 Å². The fourth-order valence-corrected chi connectivity index (χ4v) is 2.33. The Kier molecular flexibility index (Phi) is 1.66. The van der Waals surface area contributed by atoms with Gasteiger partial charge >= 0.3 is 0 Å². The lowest BCUT2D eigenvalue weighted by molar-refractivity contribution is -0.126. The molecule has 1 saturated carbocycles. The quantitative estimate of drug-likeness (QED) is 0.205. The summed E-state index contributed by atoms with van der Waals surface area (Å²) in [7, 11) is 0. The molecule has 2 rings (SSSR count). The highest BCUT2D eigenvalue weighted by Gasteiger charge is 2.45. The van der Waals surface area contributed by atoms with Crippen LogP contribution in [-0.4, -0.2) is 11.9 Å². The molecule has 2 bridgehead atoms. The number of nitrogens with one attached hydrogen (secondary N) is 1. The van der Waals surface area contributed by atoms with Crippen molar-refractivity contribution in [3.05, 3.63) is 12.2 Å². The van der Waals surface area contributed by atoms with Crippen LogP contribution in [-0.2, 0) is 4.79 Å². The van der Waals surface area contributed by atoms with Crippen molar-refractivity contribution in [1.29, 1.82) is 0 Å². The highest BCUT2D eigenvalue weighted by atomic mass is 16.2. The standard InChI is InChI=1S/C8H13N3O/c9-7-5-2-1-4(3-5)6(7)8(12)11-10/h1-2,4-7H,3,9-10H2,(H,11,12)/t4-,5+,6+,7-/m0/s1. The predicted octanol–water partition coefficient (Wildman–Crippen LogP) is -0.874. The lowest BCUT2D eigenvalue weighted by Crippen LogP contribution is -2.46. The zero-order valence-corrected chi connectivity index (χ0v) is 6.73. The smallest absolute Gasteiger partial charge is 0.239 e. The average molecular weight is 167 g/mol. The van der Waals surface area contributed by atoms with Gasteiger partial charge in [0.15, 0.2) is 0 Å². The molecule has 1 fully saturated rings. The number of hydrogen-bond acceptors (Lipinski definition) is 3. The third-order valence-electron chi connectivity index (χ3n) is 2.97. The molecule has 0 aromatic heterocycles. The minimum absolute atomic E-state index is 0.0384. The van der Waals surface area contributed by atoms with E-state index < -0.39 is 0 Å². The number of hydrazine groups is 1. The van der Waals surface area contributed by atoms with Crippen LogP contribution in [0.3, 0.4) is 0 Å². The molecule has 1 amide bonds. The van der Waals surface area contributed by atoms with Gasteiger partial charge in [0, 0.05) is 6.04 Å². The molecule has 2 aliphatic carbocycles. The van der Waals surface area contributed by atoms with E-state index in [9.17, 15) is 4.79 Å². The summed E-state index contributed by atoms with van der Waals surface area (Å²) in [6.45, 7) is 0. The number of carbonyl (C=O) groups is 1. The number of hydrogen-bond donors (Lipinski definition) is 3. The van der Waals surface area contributed by atoms with Crippen molar-refractivity contribution < 1.29 is 4.79 Å². The van der Waals surface area contributed by atoms with Gasteiger partial charge in [-0.1, -0.05) is 12.2 Å². The number of nitrogens with two attached hydrogens (primary N) is 2. The van der Waals surface area contributed by atoms with Gasteiger partial charge in [-0.2, -0.15) is 0 Å². The van der Waals surface area contributed by atoms with Crippen LogP contribution < -0.4 is 17.0 Å². The Morgan fingerprint density at radius 1 is 1.42 bits per heavy atom. The summed E-state index contributed by atoms with van der Waals surface area (Å²) < 4.78 is 0. The molecular formula is C8H13N3O. The van der Waals surface area contributed by atoms with Crippen molar-refractivity contribution in [2.75, 3.05) is 0 Å². The second-order valence-corrected chi connectivity index (χ2v) is 3.56. The number of carbonyl (C=O) groups excluding carboxylic acids is 1. The highest BCUT2D eigenvalue weighted by molar-refractivity contribution is 5.80. The third kappa shape index (κ3) is 0.884. The van der Waals surface area contributed by atoms with Crippen LogP contribution in [0.2, 0.25) is 0 Å². The maximum atomic E-state index is 11.3. The van der Waals surface area contributed by atoms with E-state index in [2.05, 4.69) is 17.6 Å². The molecule has 0 saturated heterocycles. The Labute approximate surface area is 71.0 Å². The molecule has 4 atom stereocenters. The Morgan fingerprint density at radius 2 is 2.08 bits per heavy atom. The molecule has 66 valence electrons. The molecule has 0 unspecified atom stereocenters. The first-order chi connectivity index (χ1) is 5.74. The monoisotopic (exact) mass is 167 g/mol. The van der Waals surface area contributed by atoms with Crippen molar-refractivity contribution in [3.63, 3.8) is 0 Å². The number of amides is 1. The summed E-state index contributed by atoms with van der Waals surface area (Å²) >= 11 is 0. The summed E-state index contributed by atoms with van der Waals surface area (Å²) in [4.78, 5) is 11.3. The Bertz CT molecular complexity index is 238. The minimum atomic E-state index is -0.126. The van der Waals surface area contributed by atoms with Crippen LogP contribution in [0.5, 0.6) is 0 Å². The van der Waals surface area contributed by atoms with Gasteiger partial charge < -0.3 is 5.73 Å². The molecule has 2 aliphatic rings. The maximum absolute atomic E-state index is 11.3. The van der Waals surface area contributed by atoms with Crippen molar-refractivity contribution >= 4 is 5.91 Å². The van der Waals surface area contributed by atoms with Gasteiger partial charge in [0.2, 0.25) is 5.91 Å². The fraction of sp³-hybridized carbons (Fsp3) is 0.625. The average Bonchev–Trinajstić information content (AvgIpc) is 2.63. The van der Waals surface area contributed by atoms with Crippen LogP contribution in [0.15, 0.2) is 12.2 Å². The van der Waals surface area contributed by atoms with Crippen molar-refractivity contribution in [1.82, 2.24) is 5.43 Å². The van der Waals surface area contributed by atoms with Crippen LogP contribution in [0.4, 0.5) is 0 Å². The van der Waals surface area contributed by atoms with E-state index in [1.54, 1.807) is 0 Å². The molecule has 0 heterocycles. The van der Waals surface area contributed by atoms with Crippen LogP contribution in [0.1, 0.15) is 6.42 Å². The molecule has 12 heavy (non-hydrogen) atoms. The van der Waals surface area contributed by atoms with Gasteiger partial charge in [-0.05, 0) is 18.3 Å². The van der Waals surface area contributed by atoms with E-state index in [4.69, 9.17) is 11.6 Å². The Hall–Kier alpha value is -0.870. The van der Waals surface area contributed by atoms with Crippen molar-refractivity contribution in [3.8, 4) is 0 Å². The van der Waals surface area contributed by atoms with Crippen LogP contribution in [0.25, 0.3) is 0 Å².